The van der Waals surface area contributed by atoms with Gasteiger partial charge in [0.2, 0.25) is 5.78 Å². The average Bonchev–Trinajstić information content (AvgIpc) is 2.27. The molecule has 1 aromatic rings. The molecule has 1 aromatic carbocycles. The number of ether oxygens (including phenoxy) is 1. The molecule has 0 aliphatic heterocycles. The molecule has 0 heterocycles. The maximum Gasteiger partial charge on any atom is 0.375 e. The Morgan fingerprint density at radius 1 is 1.19 bits per heavy atom. The van der Waals surface area contributed by atoms with Gasteiger partial charge in [0, 0.05) is 0 Å². The van der Waals surface area contributed by atoms with Crippen LogP contribution >= 0.6 is 0 Å². The molecule has 16 heavy (non-hydrogen) atoms. The smallest absolute Gasteiger partial charge is 0.375 e. The third-order valence-corrected chi connectivity index (χ3v) is 2.50. The fraction of sp³-hybridized carbons (Fsp3) is 0.333. The summed E-state index contributed by atoms with van der Waals surface area (Å²) in [5, 5.41) is 0. The number of rotatable bonds is 3. The molecule has 0 radical (unpaired) electrons. The SMILES string of the molecule is COC(=O)C(=O)C(C)(C)c1ccc(F)cc1. The van der Waals surface area contributed by atoms with Crippen LogP contribution in [0.4, 0.5) is 4.39 Å². The second kappa shape index (κ2) is 4.43. The molecule has 86 valence electrons. The Hall–Kier alpha value is -1.71. The topological polar surface area (TPSA) is 43.4 Å². The second-order valence-corrected chi connectivity index (χ2v) is 3.95. The summed E-state index contributed by atoms with van der Waals surface area (Å²) in [4.78, 5) is 22.9. The zero-order valence-electron chi connectivity index (χ0n) is 9.41. The third-order valence-electron chi connectivity index (χ3n) is 2.50. The fourth-order valence-electron chi connectivity index (χ4n) is 1.35. The molecular weight excluding hydrogens is 211 g/mol. The van der Waals surface area contributed by atoms with E-state index in [1.165, 1.54) is 24.3 Å². The van der Waals surface area contributed by atoms with E-state index in [2.05, 4.69) is 4.74 Å². The highest BCUT2D eigenvalue weighted by atomic mass is 19.1. The van der Waals surface area contributed by atoms with E-state index in [9.17, 15) is 14.0 Å². The van der Waals surface area contributed by atoms with Crippen molar-refractivity contribution in [3.8, 4) is 0 Å². The summed E-state index contributed by atoms with van der Waals surface area (Å²) in [6.07, 6.45) is 0. The van der Waals surface area contributed by atoms with E-state index in [1.54, 1.807) is 13.8 Å². The number of halogens is 1. The lowest BCUT2D eigenvalue weighted by Gasteiger charge is -2.21. The normalized spacial score (nSPS) is 11.0. The highest BCUT2D eigenvalue weighted by molar-refractivity contribution is 6.37. The van der Waals surface area contributed by atoms with Crippen LogP contribution in [0.25, 0.3) is 0 Å². The van der Waals surface area contributed by atoms with Crippen molar-refractivity contribution in [2.24, 2.45) is 0 Å². The highest BCUT2D eigenvalue weighted by Gasteiger charge is 2.35. The first kappa shape index (κ1) is 12.4. The lowest BCUT2D eigenvalue weighted by molar-refractivity contribution is -0.153. The van der Waals surface area contributed by atoms with Crippen molar-refractivity contribution < 1.29 is 18.7 Å². The second-order valence-electron chi connectivity index (χ2n) is 3.95. The summed E-state index contributed by atoms with van der Waals surface area (Å²) >= 11 is 0. The minimum Gasteiger partial charge on any atom is -0.463 e. The van der Waals surface area contributed by atoms with Crippen molar-refractivity contribution in [2.45, 2.75) is 19.3 Å². The van der Waals surface area contributed by atoms with Crippen LogP contribution in [0.3, 0.4) is 0 Å². The number of ketones is 1. The van der Waals surface area contributed by atoms with Gasteiger partial charge in [0.05, 0.1) is 12.5 Å². The van der Waals surface area contributed by atoms with Crippen molar-refractivity contribution >= 4 is 11.8 Å². The molecule has 0 atom stereocenters. The van der Waals surface area contributed by atoms with E-state index in [4.69, 9.17) is 0 Å². The van der Waals surface area contributed by atoms with E-state index in [0.717, 1.165) is 7.11 Å². The molecule has 4 heteroatoms. The Balaban J connectivity index is 3.06. The Bertz CT molecular complexity index is 407. The van der Waals surface area contributed by atoms with Gasteiger partial charge < -0.3 is 4.74 Å². The molecule has 0 fully saturated rings. The molecule has 1 rings (SSSR count). The molecule has 3 nitrogen and oxygen atoms in total. The molecule has 0 unspecified atom stereocenters. The zero-order valence-corrected chi connectivity index (χ0v) is 9.41. The van der Waals surface area contributed by atoms with Crippen molar-refractivity contribution in [2.75, 3.05) is 7.11 Å². The van der Waals surface area contributed by atoms with Gasteiger partial charge in [0.1, 0.15) is 5.82 Å². The number of benzene rings is 1. The molecular formula is C12H13FO3. The van der Waals surface area contributed by atoms with Crippen LogP contribution in [0.1, 0.15) is 19.4 Å². The van der Waals surface area contributed by atoms with Crippen molar-refractivity contribution in [3.63, 3.8) is 0 Å². The molecule has 0 aliphatic rings. The van der Waals surface area contributed by atoms with Gasteiger partial charge >= 0.3 is 5.97 Å². The van der Waals surface area contributed by atoms with Crippen LogP contribution in [0.2, 0.25) is 0 Å². The minimum atomic E-state index is -1.01. The molecule has 0 bridgehead atoms. The summed E-state index contributed by atoms with van der Waals surface area (Å²) in [5.41, 5.74) is -0.440. The van der Waals surface area contributed by atoms with Gasteiger partial charge in [-0.1, -0.05) is 12.1 Å². The Morgan fingerprint density at radius 3 is 2.12 bits per heavy atom. The summed E-state index contributed by atoms with van der Waals surface area (Å²) in [5.74, 6) is -1.93. The van der Waals surface area contributed by atoms with Crippen LogP contribution < -0.4 is 0 Å². The number of Topliss-reactive ketones (excluding diaryl/α,β-unsaturated/α-hetero) is 1. The van der Waals surface area contributed by atoms with E-state index in [0.29, 0.717) is 5.56 Å². The predicted molar refractivity (Wildman–Crippen MR) is 56.4 cm³/mol. The molecule has 0 saturated heterocycles. The number of carbonyl (C=O) groups is 2. The minimum absolute atomic E-state index is 0.384. The number of methoxy groups -OCH3 is 1. The lowest BCUT2D eigenvalue weighted by Crippen LogP contribution is -2.35. The number of hydrogen-bond acceptors (Lipinski definition) is 3. The first-order valence-corrected chi connectivity index (χ1v) is 4.78. The predicted octanol–water partition coefficient (Wildman–Crippen LogP) is 1.85. The monoisotopic (exact) mass is 224 g/mol. The van der Waals surface area contributed by atoms with E-state index >= 15 is 0 Å². The van der Waals surface area contributed by atoms with Gasteiger partial charge in [-0.15, -0.1) is 0 Å². The summed E-state index contributed by atoms with van der Waals surface area (Å²) in [7, 11) is 1.15. The number of carbonyl (C=O) groups excluding carboxylic acids is 2. The van der Waals surface area contributed by atoms with Crippen LogP contribution in [0, 0.1) is 5.82 Å². The summed E-state index contributed by atoms with van der Waals surface area (Å²) < 4.78 is 17.1. The molecule has 0 aromatic heterocycles. The maximum absolute atomic E-state index is 12.7. The summed E-state index contributed by atoms with van der Waals surface area (Å²) in [6, 6.07) is 5.47. The Labute approximate surface area is 93.2 Å². The lowest BCUT2D eigenvalue weighted by atomic mass is 9.80. The van der Waals surface area contributed by atoms with Crippen molar-refractivity contribution in [3.05, 3.63) is 35.6 Å². The van der Waals surface area contributed by atoms with E-state index in [1.807, 2.05) is 0 Å². The first-order valence-electron chi connectivity index (χ1n) is 4.78. The maximum atomic E-state index is 12.7. The van der Waals surface area contributed by atoms with Crippen LogP contribution in [-0.4, -0.2) is 18.9 Å². The van der Waals surface area contributed by atoms with E-state index < -0.39 is 17.2 Å². The number of hydrogen-bond donors (Lipinski definition) is 0. The van der Waals surface area contributed by atoms with Crippen molar-refractivity contribution in [1.82, 2.24) is 0 Å². The Morgan fingerprint density at radius 2 is 1.69 bits per heavy atom. The largest absolute Gasteiger partial charge is 0.463 e. The summed E-state index contributed by atoms with van der Waals surface area (Å²) in [6.45, 7) is 3.19. The van der Waals surface area contributed by atoms with Crippen LogP contribution in [0.15, 0.2) is 24.3 Å². The third kappa shape index (κ3) is 2.27. The first-order chi connectivity index (χ1) is 7.39. The van der Waals surface area contributed by atoms with Gasteiger partial charge in [-0.25, -0.2) is 9.18 Å². The van der Waals surface area contributed by atoms with Gasteiger partial charge in [0.25, 0.3) is 0 Å². The molecule has 0 spiro atoms. The van der Waals surface area contributed by atoms with Gasteiger partial charge in [-0.3, -0.25) is 4.79 Å². The van der Waals surface area contributed by atoms with Crippen molar-refractivity contribution in [1.29, 1.82) is 0 Å². The van der Waals surface area contributed by atoms with Crippen LogP contribution in [-0.2, 0) is 19.7 Å². The quantitative estimate of drug-likeness (QED) is 0.581. The molecule has 0 amide bonds. The van der Waals surface area contributed by atoms with Gasteiger partial charge in [-0.05, 0) is 31.5 Å². The zero-order chi connectivity index (χ0) is 12.3. The average molecular weight is 224 g/mol. The molecule has 0 saturated carbocycles. The fourth-order valence-corrected chi connectivity index (χ4v) is 1.35. The standard InChI is InChI=1S/C12H13FO3/c1-12(2,10(14)11(15)16-3)8-4-6-9(13)7-5-8/h4-7H,1-3H3. The molecule has 0 aliphatic carbocycles. The van der Waals surface area contributed by atoms with Crippen LogP contribution in [0.5, 0.6) is 0 Å². The number of esters is 1. The highest BCUT2D eigenvalue weighted by Crippen LogP contribution is 2.24. The van der Waals surface area contributed by atoms with Gasteiger partial charge in [-0.2, -0.15) is 0 Å². The Kier molecular flexibility index (Phi) is 3.42. The van der Waals surface area contributed by atoms with E-state index in [-0.39, 0.29) is 5.82 Å². The van der Waals surface area contributed by atoms with Gasteiger partial charge in [0.15, 0.2) is 0 Å². The molecule has 0 N–H and O–H groups in total.